The summed E-state index contributed by atoms with van der Waals surface area (Å²) in [6.07, 6.45) is 6.69. The third-order valence-corrected chi connectivity index (χ3v) is 3.20. The molecule has 0 spiro atoms. The summed E-state index contributed by atoms with van der Waals surface area (Å²) in [6.45, 7) is 4.24. The number of benzene rings is 2. The molecule has 20 heavy (non-hydrogen) atoms. The maximum atomic E-state index is 8.76. The Bertz CT molecular complexity index is 424. The van der Waals surface area contributed by atoms with E-state index < -0.39 is 0 Å². The Morgan fingerprint density at radius 3 is 2.00 bits per heavy atom. The van der Waals surface area contributed by atoms with E-state index in [-0.39, 0.29) is 0 Å². The maximum absolute atomic E-state index is 8.76. The molecule has 0 heterocycles. The lowest BCUT2D eigenvalue weighted by molar-refractivity contribution is 0.475. The molecule has 0 saturated carbocycles. The lowest BCUT2D eigenvalue weighted by Gasteiger charge is -1.99. The van der Waals surface area contributed by atoms with Crippen LogP contribution in [0, 0.1) is 6.92 Å². The number of unbranched alkanes of at least 4 members (excludes halogenated alkanes) is 3. The number of aryl methyl sites for hydroxylation is 2. The Kier molecular flexibility index (Phi) is 8.21. The van der Waals surface area contributed by atoms with Gasteiger partial charge >= 0.3 is 0 Å². The molecule has 1 heteroatoms. The van der Waals surface area contributed by atoms with Gasteiger partial charge in [-0.05, 0) is 37.5 Å². The minimum Gasteiger partial charge on any atom is -0.508 e. The molecule has 1 nitrogen and oxygen atoms in total. The van der Waals surface area contributed by atoms with E-state index in [1.807, 2.05) is 19.1 Å². The van der Waals surface area contributed by atoms with Crippen LogP contribution in [0.5, 0.6) is 5.75 Å². The van der Waals surface area contributed by atoms with Gasteiger partial charge in [0.25, 0.3) is 0 Å². The van der Waals surface area contributed by atoms with Crippen LogP contribution < -0.4 is 0 Å². The Labute approximate surface area is 123 Å². The molecule has 0 aliphatic heterocycles. The number of phenols is 1. The highest BCUT2D eigenvalue weighted by molar-refractivity contribution is 5.24. The van der Waals surface area contributed by atoms with Crippen LogP contribution in [-0.4, -0.2) is 5.11 Å². The molecule has 2 rings (SSSR count). The molecule has 2 aromatic carbocycles. The van der Waals surface area contributed by atoms with Crippen LogP contribution in [0.1, 0.15) is 43.7 Å². The van der Waals surface area contributed by atoms with Crippen LogP contribution in [0.25, 0.3) is 0 Å². The first-order chi connectivity index (χ1) is 9.72. The van der Waals surface area contributed by atoms with E-state index in [2.05, 4.69) is 37.3 Å². The Morgan fingerprint density at radius 2 is 1.45 bits per heavy atom. The second-order valence-electron chi connectivity index (χ2n) is 5.13. The van der Waals surface area contributed by atoms with E-state index in [1.54, 1.807) is 12.1 Å². The highest BCUT2D eigenvalue weighted by Crippen LogP contribution is 2.07. The van der Waals surface area contributed by atoms with Gasteiger partial charge in [0, 0.05) is 0 Å². The van der Waals surface area contributed by atoms with Gasteiger partial charge in [0.05, 0.1) is 0 Å². The van der Waals surface area contributed by atoms with Gasteiger partial charge in [0.1, 0.15) is 5.75 Å². The van der Waals surface area contributed by atoms with Crippen molar-refractivity contribution in [1.29, 1.82) is 0 Å². The SMILES string of the molecule is CCCCCCc1ccccc1.Cc1ccc(O)cc1. The predicted molar refractivity (Wildman–Crippen MR) is 87.1 cm³/mol. The van der Waals surface area contributed by atoms with E-state index in [1.165, 1.54) is 43.2 Å². The number of hydrogen-bond donors (Lipinski definition) is 1. The lowest BCUT2D eigenvalue weighted by Crippen LogP contribution is -1.84. The molecule has 1 N–H and O–H groups in total. The molecular weight excluding hydrogens is 244 g/mol. The van der Waals surface area contributed by atoms with Crippen molar-refractivity contribution in [1.82, 2.24) is 0 Å². The number of phenolic OH excluding ortho intramolecular Hbond substituents is 1. The molecule has 0 saturated heterocycles. The van der Waals surface area contributed by atoms with Gasteiger partial charge in [-0.25, -0.2) is 0 Å². The molecule has 0 amide bonds. The predicted octanol–water partition coefficient (Wildman–Crippen LogP) is 5.51. The van der Waals surface area contributed by atoms with Gasteiger partial charge in [-0.2, -0.15) is 0 Å². The fourth-order valence-electron chi connectivity index (χ4n) is 1.95. The van der Waals surface area contributed by atoms with Crippen LogP contribution in [0.2, 0.25) is 0 Å². The van der Waals surface area contributed by atoms with E-state index in [4.69, 9.17) is 5.11 Å². The lowest BCUT2D eigenvalue weighted by atomic mass is 10.1. The van der Waals surface area contributed by atoms with E-state index in [9.17, 15) is 0 Å². The second kappa shape index (κ2) is 10.1. The summed E-state index contributed by atoms with van der Waals surface area (Å²) < 4.78 is 0. The highest BCUT2D eigenvalue weighted by Gasteiger charge is 1.90. The molecule has 0 aliphatic carbocycles. The van der Waals surface area contributed by atoms with Crippen LogP contribution in [0.4, 0.5) is 0 Å². The molecule has 0 fully saturated rings. The standard InChI is InChI=1S/C12H18.C7H8O/c1-2-3-4-6-9-12-10-7-5-8-11-12;1-6-2-4-7(8)5-3-6/h5,7-8,10-11H,2-4,6,9H2,1H3;2-5,8H,1H3. The van der Waals surface area contributed by atoms with Crippen LogP contribution in [0.15, 0.2) is 54.6 Å². The summed E-state index contributed by atoms with van der Waals surface area (Å²) in [4.78, 5) is 0. The molecule has 108 valence electrons. The zero-order valence-electron chi connectivity index (χ0n) is 12.7. The van der Waals surface area contributed by atoms with Gasteiger partial charge in [-0.3, -0.25) is 0 Å². The average molecular weight is 270 g/mol. The Hall–Kier alpha value is -1.76. The first kappa shape index (κ1) is 16.3. The van der Waals surface area contributed by atoms with Crippen molar-refractivity contribution >= 4 is 0 Å². The highest BCUT2D eigenvalue weighted by atomic mass is 16.3. The Morgan fingerprint density at radius 1 is 0.800 bits per heavy atom. The fourth-order valence-corrected chi connectivity index (χ4v) is 1.95. The summed E-state index contributed by atoms with van der Waals surface area (Å²) in [7, 11) is 0. The topological polar surface area (TPSA) is 20.2 Å². The third-order valence-electron chi connectivity index (χ3n) is 3.20. The van der Waals surface area contributed by atoms with E-state index in [0.717, 1.165) is 0 Å². The molecule has 2 aromatic rings. The number of rotatable bonds is 5. The molecule has 0 aliphatic rings. The minimum absolute atomic E-state index is 0.329. The molecule has 0 atom stereocenters. The Balaban J connectivity index is 0.000000217. The quantitative estimate of drug-likeness (QED) is 0.710. The molecule has 0 aromatic heterocycles. The van der Waals surface area contributed by atoms with Crippen LogP contribution in [0.3, 0.4) is 0 Å². The summed E-state index contributed by atoms with van der Waals surface area (Å²) in [5.74, 6) is 0.329. The van der Waals surface area contributed by atoms with Crippen molar-refractivity contribution < 1.29 is 5.11 Å². The normalized spacial score (nSPS) is 9.70. The summed E-state index contributed by atoms with van der Waals surface area (Å²) in [6, 6.07) is 17.8. The summed E-state index contributed by atoms with van der Waals surface area (Å²) >= 11 is 0. The van der Waals surface area contributed by atoms with E-state index in [0.29, 0.717) is 5.75 Å². The number of aromatic hydroxyl groups is 1. The van der Waals surface area contributed by atoms with Crippen molar-refractivity contribution in [3.8, 4) is 5.75 Å². The first-order valence-electron chi connectivity index (χ1n) is 7.52. The summed E-state index contributed by atoms with van der Waals surface area (Å²) in [5.41, 5.74) is 2.65. The van der Waals surface area contributed by atoms with Gasteiger partial charge in [0.15, 0.2) is 0 Å². The van der Waals surface area contributed by atoms with Gasteiger partial charge in [-0.1, -0.05) is 74.2 Å². The third kappa shape index (κ3) is 7.63. The van der Waals surface area contributed by atoms with E-state index >= 15 is 0 Å². The van der Waals surface area contributed by atoms with Crippen molar-refractivity contribution in [2.24, 2.45) is 0 Å². The van der Waals surface area contributed by atoms with Crippen molar-refractivity contribution in [2.75, 3.05) is 0 Å². The molecule has 0 bridgehead atoms. The van der Waals surface area contributed by atoms with Gasteiger partial charge < -0.3 is 5.11 Å². The molecule has 0 radical (unpaired) electrons. The smallest absolute Gasteiger partial charge is 0.115 e. The fraction of sp³-hybridized carbons (Fsp3) is 0.368. The minimum atomic E-state index is 0.329. The largest absolute Gasteiger partial charge is 0.508 e. The van der Waals surface area contributed by atoms with Crippen LogP contribution in [-0.2, 0) is 6.42 Å². The second-order valence-corrected chi connectivity index (χ2v) is 5.13. The first-order valence-corrected chi connectivity index (χ1v) is 7.52. The maximum Gasteiger partial charge on any atom is 0.115 e. The van der Waals surface area contributed by atoms with Crippen LogP contribution >= 0.6 is 0 Å². The summed E-state index contributed by atoms with van der Waals surface area (Å²) in [5, 5.41) is 8.76. The molecular formula is C19H26O. The van der Waals surface area contributed by atoms with Crippen molar-refractivity contribution in [2.45, 2.75) is 46.0 Å². The number of hydrogen-bond acceptors (Lipinski definition) is 1. The monoisotopic (exact) mass is 270 g/mol. The zero-order valence-corrected chi connectivity index (χ0v) is 12.7. The van der Waals surface area contributed by atoms with Gasteiger partial charge in [-0.15, -0.1) is 0 Å². The van der Waals surface area contributed by atoms with Crippen molar-refractivity contribution in [3.05, 3.63) is 65.7 Å². The zero-order chi connectivity index (χ0) is 14.6. The molecule has 0 unspecified atom stereocenters. The van der Waals surface area contributed by atoms with Gasteiger partial charge in [0.2, 0.25) is 0 Å². The average Bonchev–Trinajstić information content (AvgIpc) is 2.49. The van der Waals surface area contributed by atoms with Crippen molar-refractivity contribution in [3.63, 3.8) is 0 Å².